The highest BCUT2D eigenvalue weighted by molar-refractivity contribution is 6.35. The van der Waals surface area contributed by atoms with Crippen molar-refractivity contribution < 1.29 is 14.3 Å². The number of hydrogen-bond acceptors (Lipinski definition) is 6. The summed E-state index contributed by atoms with van der Waals surface area (Å²) < 4.78 is 13.5. The number of rotatable bonds is 6. The van der Waals surface area contributed by atoms with Crippen LogP contribution in [0, 0.1) is 0 Å². The van der Waals surface area contributed by atoms with Gasteiger partial charge in [0.25, 0.3) is 0 Å². The fourth-order valence-electron chi connectivity index (χ4n) is 4.67. The van der Waals surface area contributed by atoms with Crippen LogP contribution >= 0.6 is 23.2 Å². The zero-order valence-electron chi connectivity index (χ0n) is 23.1. The first-order valence-corrected chi connectivity index (χ1v) is 14.1. The standard InChI is InChI=1S/C30H33Cl2N5O3/c1-5-35-14-15-39-26(19-35)21-8-6-20(7-9-21)25-17-28(37-27(34-25)12-13-33-37)36(29(38)40-30(2,3)4)18-22-10-11-23(31)16-24(22)32/h6-13,16-17,26H,5,14-15,18-19H2,1-4H3. The number of halogens is 2. The van der Waals surface area contributed by atoms with E-state index in [1.165, 1.54) is 4.90 Å². The molecule has 8 nitrogen and oxygen atoms in total. The van der Waals surface area contributed by atoms with Crippen LogP contribution in [0.15, 0.2) is 60.8 Å². The molecular weight excluding hydrogens is 549 g/mol. The van der Waals surface area contributed by atoms with Gasteiger partial charge in [0, 0.05) is 40.8 Å². The van der Waals surface area contributed by atoms with Gasteiger partial charge in [0.15, 0.2) is 5.65 Å². The molecule has 1 unspecified atom stereocenters. The number of ether oxygens (including phenoxy) is 2. The Balaban J connectivity index is 1.53. The van der Waals surface area contributed by atoms with Crippen LogP contribution in [0.25, 0.3) is 16.9 Å². The molecule has 0 bridgehead atoms. The maximum absolute atomic E-state index is 13.6. The van der Waals surface area contributed by atoms with Gasteiger partial charge in [-0.3, -0.25) is 9.80 Å². The number of carbonyl (C=O) groups excluding carboxylic acids is 1. The van der Waals surface area contributed by atoms with Crippen LogP contribution < -0.4 is 4.90 Å². The number of fused-ring (bicyclic) bond motifs is 1. The second-order valence-corrected chi connectivity index (χ2v) is 11.6. The van der Waals surface area contributed by atoms with Crippen LogP contribution in [0.3, 0.4) is 0 Å². The third-order valence-corrected chi connectivity index (χ3v) is 7.34. The number of likely N-dealkylation sites (N-methyl/N-ethyl adjacent to an activating group) is 1. The van der Waals surface area contributed by atoms with Crippen molar-refractivity contribution in [3.8, 4) is 11.3 Å². The molecule has 0 radical (unpaired) electrons. The average molecular weight is 583 g/mol. The molecule has 1 aliphatic rings. The number of morpholine rings is 1. The first-order chi connectivity index (χ1) is 19.1. The molecule has 5 rings (SSSR count). The lowest BCUT2D eigenvalue weighted by molar-refractivity contribution is -0.0281. The minimum atomic E-state index is -0.706. The second-order valence-electron chi connectivity index (χ2n) is 10.8. The van der Waals surface area contributed by atoms with Gasteiger partial charge in [-0.2, -0.15) is 9.61 Å². The fraction of sp³-hybridized carbons (Fsp3) is 0.367. The highest BCUT2D eigenvalue weighted by atomic mass is 35.5. The molecule has 3 heterocycles. The van der Waals surface area contributed by atoms with E-state index in [4.69, 9.17) is 37.7 Å². The van der Waals surface area contributed by atoms with Gasteiger partial charge in [0.05, 0.1) is 31.1 Å². The first kappa shape index (κ1) is 28.4. The van der Waals surface area contributed by atoms with Crippen molar-refractivity contribution in [1.29, 1.82) is 0 Å². The van der Waals surface area contributed by atoms with E-state index in [9.17, 15) is 4.79 Å². The number of benzene rings is 2. The van der Waals surface area contributed by atoms with Gasteiger partial charge >= 0.3 is 6.09 Å². The Hall–Kier alpha value is -3.17. The lowest BCUT2D eigenvalue weighted by atomic mass is 10.0. The van der Waals surface area contributed by atoms with Crippen LogP contribution in [-0.4, -0.2) is 57.4 Å². The Labute approximate surface area is 244 Å². The van der Waals surface area contributed by atoms with Crippen molar-refractivity contribution in [2.24, 2.45) is 0 Å². The van der Waals surface area contributed by atoms with E-state index in [2.05, 4.69) is 29.1 Å². The van der Waals surface area contributed by atoms with Crippen molar-refractivity contribution in [1.82, 2.24) is 19.5 Å². The Kier molecular flexibility index (Phi) is 8.33. The number of hydrogen-bond donors (Lipinski definition) is 0. The third-order valence-electron chi connectivity index (χ3n) is 6.75. The summed E-state index contributed by atoms with van der Waals surface area (Å²) in [6.07, 6.45) is 1.16. The molecular formula is C30H33Cl2N5O3. The number of anilines is 1. The van der Waals surface area contributed by atoms with Crippen LogP contribution in [-0.2, 0) is 16.0 Å². The molecule has 1 atom stereocenters. The minimum absolute atomic E-state index is 0.0374. The maximum atomic E-state index is 13.6. The topological polar surface area (TPSA) is 72.2 Å². The van der Waals surface area contributed by atoms with Crippen molar-refractivity contribution in [2.45, 2.75) is 45.9 Å². The molecule has 40 heavy (non-hydrogen) atoms. The Morgan fingerprint density at radius 2 is 1.90 bits per heavy atom. The fourth-order valence-corrected chi connectivity index (χ4v) is 5.14. The summed E-state index contributed by atoms with van der Waals surface area (Å²) in [6.45, 7) is 11.4. The normalized spacial score (nSPS) is 16.3. The molecule has 2 aromatic carbocycles. The van der Waals surface area contributed by atoms with Gasteiger partial charge in [-0.05, 0) is 50.6 Å². The summed E-state index contributed by atoms with van der Waals surface area (Å²) in [4.78, 5) is 22.3. The summed E-state index contributed by atoms with van der Waals surface area (Å²) >= 11 is 12.6. The quantitative estimate of drug-likeness (QED) is 0.243. The molecule has 2 aromatic heterocycles. The van der Waals surface area contributed by atoms with E-state index in [0.29, 0.717) is 32.8 Å². The molecule has 1 fully saturated rings. The molecule has 0 aliphatic carbocycles. The van der Waals surface area contributed by atoms with E-state index < -0.39 is 11.7 Å². The summed E-state index contributed by atoms with van der Waals surface area (Å²) in [5, 5.41) is 5.42. The molecule has 1 aliphatic heterocycles. The SMILES string of the molecule is CCN1CCOC(c2ccc(-c3cc(N(Cc4ccc(Cl)cc4Cl)C(=O)OC(C)(C)C)n4nccc4n3)cc2)C1. The maximum Gasteiger partial charge on any atom is 0.416 e. The second kappa shape index (κ2) is 11.7. The first-order valence-electron chi connectivity index (χ1n) is 13.3. The van der Waals surface area contributed by atoms with Gasteiger partial charge in [0.2, 0.25) is 0 Å². The van der Waals surface area contributed by atoms with E-state index >= 15 is 0 Å². The summed E-state index contributed by atoms with van der Waals surface area (Å²) in [5.74, 6) is 0.503. The average Bonchev–Trinajstić information content (AvgIpc) is 3.40. The number of carbonyl (C=O) groups is 1. The predicted molar refractivity (Wildman–Crippen MR) is 158 cm³/mol. The number of amides is 1. The number of nitrogens with zero attached hydrogens (tertiary/aromatic N) is 5. The zero-order chi connectivity index (χ0) is 28.4. The molecule has 1 amide bonds. The van der Waals surface area contributed by atoms with Gasteiger partial charge in [-0.1, -0.05) is 60.5 Å². The van der Waals surface area contributed by atoms with E-state index in [-0.39, 0.29) is 12.6 Å². The minimum Gasteiger partial charge on any atom is -0.443 e. The Morgan fingerprint density at radius 1 is 1.12 bits per heavy atom. The highest BCUT2D eigenvalue weighted by Gasteiger charge is 2.27. The lowest BCUT2D eigenvalue weighted by Crippen LogP contribution is -2.38. The Morgan fingerprint density at radius 3 is 2.60 bits per heavy atom. The summed E-state index contributed by atoms with van der Waals surface area (Å²) in [6, 6.07) is 17.1. The van der Waals surface area contributed by atoms with Gasteiger partial charge in [-0.25, -0.2) is 9.78 Å². The summed E-state index contributed by atoms with van der Waals surface area (Å²) in [7, 11) is 0. The predicted octanol–water partition coefficient (Wildman–Crippen LogP) is 7.04. The Bertz CT molecular complexity index is 1500. The van der Waals surface area contributed by atoms with E-state index in [0.717, 1.165) is 37.4 Å². The van der Waals surface area contributed by atoms with E-state index in [1.807, 2.05) is 39.0 Å². The molecule has 0 saturated carbocycles. The molecule has 10 heteroatoms. The third kappa shape index (κ3) is 6.41. The van der Waals surface area contributed by atoms with Crippen molar-refractivity contribution in [2.75, 3.05) is 31.1 Å². The van der Waals surface area contributed by atoms with E-state index in [1.54, 1.807) is 35.0 Å². The van der Waals surface area contributed by atoms with Crippen LogP contribution in [0.4, 0.5) is 10.6 Å². The molecule has 4 aromatic rings. The van der Waals surface area contributed by atoms with Gasteiger partial charge in [0.1, 0.15) is 11.4 Å². The van der Waals surface area contributed by atoms with Crippen LogP contribution in [0.5, 0.6) is 0 Å². The van der Waals surface area contributed by atoms with Crippen LogP contribution in [0.1, 0.15) is 44.9 Å². The molecule has 1 saturated heterocycles. The summed E-state index contributed by atoms with van der Waals surface area (Å²) in [5.41, 5.74) is 3.34. The monoisotopic (exact) mass is 581 g/mol. The molecule has 210 valence electrons. The highest BCUT2D eigenvalue weighted by Crippen LogP contribution is 2.31. The van der Waals surface area contributed by atoms with Crippen molar-refractivity contribution >= 4 is 40.8 Å². The molecule has 0 N–H and O–H groups in total. The largest absolute Gasteiger partial charge is 0.443 e. The zero-order valence-corrected chi connectivity index (χ0v) is 24.6. The number of aromatic nitrogens is 3. The van der Waals surface area contributed by atoms with Crippen molar-refractivity contribution in [3.63, 3.8) is 0 Å². The van der Waals surface area contributed by atoms with Gasteiger partial charge in [-0.15, -0.1) is 0 Å². The smallest absolute Gasteiger partial charge is 0.416 e. The lowest BCUT2D eigenvalue weighted by Gasteiger charge is -2.32. The molecule has 0 spiro atoms. The van der Waals surface area contributed by atoms with Gasteiger partial charge < -0.3 is 9.47 Å². The van der Waals surface area contributed by atoms with Crippen molar-refractivity contribution in [3.05, 3.63) is 82.0 Å². The van der Waals surface area contributed by atoms with Crippen LogP contribution in [0.2, 0.25) is 10.0 Å².